The van der Waals surface area contributed by atoms with Crippen LogP contribution in [0, 0.1) is 0 Å². The van der Waals surface area contributed by atoms with E-state index in [0.717, 1.165) is 12.5 Å². The summed E-state index contributed by atoms with van der Waals surface area (Å²) in [5, 5.41) is 3.48. The zero-order chi connectivity index (χ0) is 12.4. The number of likely N-dealkylation sites (N-methyl/N-ethyl adjacent to an activating group) is 1. The third kappa shape index (κ3) is 2.32. The molecular weight excluding hydrogens is 222 g/mol. The first-order chi connectivity index (χ1) is 8.88. The van der Waals surface area contributed by atoms with Gasteiger partial charge in [0.1, 0.15) is 0 Å². The van der Waals surface area contributed by atoms with Crippen LogP contribution in [-0.4, -0.2) is 25.8 Å². The quantitative estimate of drug-likeness (QED) is 0.880. The van der Waals surface area contributed by atoms with Crippen LogP contribution in [0.15, 0.2) is 24.3 Å². The Morgan fingerprint density at radius 1 is 1.33 bits per heavy atom. The second-order valence-corrected chi connectivity index (χ2v) is 5.64. The SMILES string of the molecule is CNC(CC1Cc2ccccc21)C1CCCCO1. The maximum atomic E-state index is 5.93. The monoisotopic (exact) mass is 245 g/mol. The van der Waals surface area contributed by atoms with Crippen LogP contribution in [0.25, 0.3) is 0 Å². The van der Waals surface area contributed by atoms with Gasteiger partial charge in [-0.2, -0.15) is 0 Å². The van der Waals surface area contributed by atoms with Gasteiger partial charge in [-0.1, -0.05) is 24.3 Å². The van der Waals surface area contributed by atoms with Crippen molar-refractivity contribution >= 4 is 0 Å². The van der Waals surface area contributed by atoms with Gasteiger partial charge in [0.15, 0.2) is 0 Å². The molecule has 3 unspecified atom stereocenters. The molecule has 18 heavy (non-hydrogen) atoms. The van der Waals surface area contributed by atoms with Crippen molar-refractivity contribution in [2.24, 2.45) is 0 Å². The molecule has 2 aliphatic rings. The Hall–Kier alpha value is -0.860. The fourth-order valence-corrected chi connectivity index (χ4v) is 3.42. The van der Waals surface area contributed by atoms with E-state index < -0.39 is 0 Å². The van der Waals surface area contributed by atoms with E-state index in [2.05, 4.69) is 36.6 Å². The second-order valence-electron chi connectivity index (χ2n) is 5.64. The number of hydrogen-bond donors (Lipinski definition) is 1. The molecule has 1 aromatic rings. The van der Waals surface area contributed by atoms with Crippen LogP contribution in [-0.2, 0) is 11.2 Å². The van der Waals surface area contributed by atoms with Crippen LogP contribution in [0.2, 0.25) is 0 Å². The van der Waals surface area contributed by atoms with Crippen LogP contribution >= 0.6 is 0 Å². The average Bonchev–Trinajstić information content (AvgIpc) is 2.41. The van der Waals surface area contributed by atoms with E-state index in [4.69, 9.17) is 4.74 Å². The molecule has 1 heterocycles. The van der Waals surface area contributed by atoms with Crippen molar-refractivity contribution in [1.29, 1.82) is 0 Å². The fraction of sp³-hybridized carbons (Fsp3) is 0.625. The maximum absolute atomic E-state index is 5.93. The molecule has 1 N–H and O–H groups in total. The summed E-state index contributed by atoms with van der Waals surface area (Å²) in [5.74, 6) is 0.740. The number of benzene rings is 1. The van der Waals surface area contributed by atoms with Gasteiger partial charge in [-0.05, 0) is 56.2 Å². The van der Waals surface area contributed by atoms with Gasteiger partial charge in [0.2, 0.25) is 0 Å². The third-order valence-corrected chi connectivity index (χ3v) is 4.53. The standard InChI is InChI=1S/C16H23NO/c1-17-15(16-8-4-5-9-18-16)11-13-10-12-6-2-3-7-14(12)13/h2-3,6-7,13,15-17H,4-5,8-11H2,1H3. The second kappa shape index (κ2) is 5.41. The molecule has 1 aromatic carbocycles. The summed E-state index contributed by atoms with van der Waals surface area (Å²) in [7, 11) is 2.08. The van der Waals surface area contributed by atoms with E-state index in [0.29, 0.717) is 12.1 Å². The summed E-state index contributed by atoms with van der Waals surface area (Å²) < 4.78 is 5.93. The van der Waals surface area contributed by atoms with Crippen LogP contribution in [0.4, 0.5) is 0 Å². The normalized spacial score (nSPS) is 28.3. The predicted molar refractivity (Wildman–Crippen MR) is 73.9 cm³/mol. The highest BCUT2D eigenvalue weighted by Crippen LogP contribution is 2.39. The molecule has 0 saturated carbocycles. The lowest BCUT2D eigenvalue weighted by molar-refractivity contribution is -0.00953. The largest absolute Gasteiger partial charge is 0.377 e. The van der Waals surface area contributed by atoms with Gasteiger partial charge in [0.05, 0.1) is 6.10 Å². The van der Waals surface area contributed by atoms with Gasteiger partial charge in [0, 0.05) is 12.6 Å². The Morgan fingerprint density at radius 2 is 2.22 bits per heavy atom. The Labute approximate surface area is 110 Å². The maximum Gasteiger partial charge on any atom is 0.0728 e. The van der Waals surface area contributed by atoms with Crippen molar-refractivity contribution < 1.29 is 4.74 Å². The van der Waals surface area contributed by atoms with E-state index in [1.165, 1.54) is 32.1 Å². The number of hydrogen-bond acceptors (Lipinski definition) is 2. The van der Waals surface area contributed by atoms with Crippen molar-refractivity contribution in [2.75, 3.05) is 13.7 Å². The Bertz CT molecular complexity index is 398. The summed E-state index contributed by atoms with van der Waals surface area (Å²) in [6, 6.07) is 9.38. The van der Waals surface area contributed by atoms with E-state index in [9.17, 15) is 0 Å². The summed E-state index contributed by atoms with van der Waals surface area (Å²) in [4.78, 5) is 0. The molecule has 2 heteroatoms. The smallest absolute Gasteiger partial charge is 0.0728 e. The zero-order valence-electron chi connectivity index (χ0n) is 11.2. The van der Waals surface area contributed by atoms with E-state index in [1.807, 2.05) is 0 Å². The first kappa shape index (κ1) is 12.2. The van der Waals surface area contributed by atoms with Crippen LogP contribution in [0.1, 0.15) is 42.7 Å². The number of rotatable bonds is 4. The van der Waals surface area contributed by atoms with Crippen LogP contribution in [0.3, 0.4) is 0 Å². The Morgan fingerprint density at radius 3 is 2.94 bits per heavy atom. The summed E-state index contributed by atoms with van der Waals surface area (Å²) in [6.07, 6.45) is 6.68. The van der Waals surface area contributed by atoms with Gasteiger partial charge >= 0.3 is 0 Å². The summed E-state index contributed by atoms with van der Waals surface area (Å²) >= 11 is 0. The summed E-state index contributed by atoms with van der Waals surface area (Å²) in [6.45, 7) is 0.949. The minimum atomic E-state index is 0.427. The highest BCUT2D eigenvalue weighted by molar-refractivity contribution is 5.39. The van der Waals surface area contributed by atoms with Crippen molar-refractivity contribution in [1.82, 2.24) is 5.32 Å². The molecule has 1 aliphatic heterocycles. The molecule has 0 amide bonds. The molecule has 0 bridgehead atoms. The van der Waals surface area contributed by atoms with Crippen molar-refractivity contribution in [2.45, 2.75) is 50.2 Å². The first-order valence-electron chi connectivity index (χ1n) is 7.25. The molecule has 0 spiro atoms. The highest BCUT2D eigenvalue weighted by atomic mass is 16.5. The lowest BCUT2D eigenvalue weighted by Crippen LogP contribution is -2.43. The topological polar surface area (TPSA) is 21.3 Å². The van der Waals surface area contributed by atoms with Gasteiger partial charge < -0.3 is 10.1 Å². The molecule has 0 radical (unpaired) electrons. The average molecular weight is 245 g/mol. The lowest BCUT2D eigenvalue weighted by Gasteiger charge is -2.37. The van der Waals surface area contributed by atoms with Gasteiger partial charge in [-0.25, -0.2) is 0 Å². The van der Waals surface area contributed by atoms with Crippen molar-refractivity contribution in [3.8, 4) is 0 Å². The third-order valence-electron chi connectivity index (χ3n) is 4.53. The Kier molecular flexibility index (Phi) is 3.67. The molecular formula is C16H23NO. The van der Waals surface area contributed by atoms with Crippen LogP contribution < -0.4 is 5.32 Å². The minimum Gasteiger partial charge on any atom is -0.377 e. The molecule has 1 aliphatic carbocycles. The molecule has 1 saturated heterocycles. The van der Waals surface area contributed by atoms with E-state index in [-0.39, 0.29) is 0 Å². The molecule has 1 fully saturated rings. The molecule has 3 rings (SSSR count). The van der Waals surface area contributed by atoms with Crippen molar-refractivity contribution in [3.63, 3.8) is 0 Å². The fourth-order valence-electron chi connectivity index (χ4n) is 3.42. The van der Waals surface area contributed by atoms with Gasteiger partial charge in [-0.3, -0.25) is 0 Å². The van der Waals surface area contributed by atoms with Crippen molar-refractivity contribution in [3.05, 3.63) is 35.4 Å². The first-order valence-corrected chi connectivity index (χ1v) is 7.25. The Balaban J connectivity index is 1.61. The van der Waals surface area contributed by atoms with E-state index in [1.54, 1.807) is 11.1 Å². The molecule has 0 aromatic heterocycles. The number of fused-ring (bicyclic) bond motifs is 1. The van der Waals surface area contributed by atoms with Gasteiger partial charge in [0.25, 0.3) is 0 Å². The van der Waals surface area contributed by atoms with Crippen LogP contribution in [0.5, 0.6) is 0 Å². The zero-order valence-corrected chi connectivity index (χ0v) is 11.2. The minimum absolute atomic E-state index is 0.427. The highest BCUT2D eigenvalue weighted by Gasteiger charge is 2.31. The predicted octanol–water partition coefficient (Wildman–Crippen LogP) is 2.87. The molecule has 98 valence electrons. The number of nitrogens with one attached hydrogen (secondary N) is 1. The number of ether oxygens (including phenoxy) is 1. The molecule has 3 atom stereocenters. The summed E-state index contributed by atoms with van der Waals surface area (Å²) in [5.41, 5.74) is 3.11. The van der Waals surface area contributed by atoms with E-state index >= 15 is 0 Å². The van der Waals surface area contributed by atoms with Gasteiger partial charge in [-0.15, -0.1) is 0 Å². The molecule has 2 nitrogen and oxygen atoms in total. The lowest BCUT2D eigenvalue weighted by atomic mass is 9.73.